The summed E-state index contributed by atoms with van der Waals surface area (Å²) in [6.45, 7) is 0. The summed E-state index contributed by atoms with van der Waals surface area (Å²) in [5.41, 5.74) is 0. The van der Waals surface area contributed by atoms with E-state index in [1.54, 1.807) is 14.2 Å². The molecule has 0 aromatic rings. The van der Waals surface area contributed by atoms with Crippen LogP contribution >= 0.6 is 11.6 Å². The zero-order valence-electron chi connectivity index (χ0n) is 4.48. The number of rotatable bonds is 3. The van der Waals surface area contributed by atoms with Crippen LogP contribution in [0.15, 0.2) is 0 Å². The van der Waals surface area contributed by atoms with E-state index in [-0.39, 0.29) is 0 Å². The van der Waals surface area contributed by atoms with Crippen LogP contribution in [0, 0.1) is 0 Å². The standard InChI is InChI=1S/CH2Cl.2CH3O.Ga/c3*1-2;/h1H2;2*1H3;/q;2*-1;+2. The van der Waals surface area contributed by atoms with Crippen molar-refractivity contribution in [1.29, 1.82) is 0 Å². The van der Waals surface area contributed by atoms with Crippen LogP contribution in [0.25, 0.3) is 0 Å². The Bertz CT molecular complexity index is 34.4. The minimum atomic E-state index is -1.81. The Labute approximate surface area is 54.6 Å². The fourth-order valence-electron chi connectivity index (χ4n) is 0.222. The molecule has 2 nitrogen and oxygen atoms in total. The van der Waals surface area contributed by atoms with E-state index in [2.05, 4.69) is 0 Å². The first kappa shape index (κ1) is 7.85. The predicted octanol–water partition coefficient (Wildman–Crippen LogP) is 0.545. The van der Waals surface area contributed by atoms with Gasteiger partial charge in [-0.05, 0) is 0 Å². The molecule has 0 radical (unpaired) electrons. The molecule has 0 amide bonds. The molecule has 0 saturated heterocycles. The molecule has 0 heterocycles. The van der Waals surface area contributed by atoms with E-state index in [0.29, 0.717) is 4.43 Å². The van der Waals surface area contributed by atoms with Crippen LogP contribution in [0.3, 0.4) is 0 Å². The first-order chi connectivity index (χ1) is 3.35. The van der Waals surface area contributed by atoms with Gasteiger partial charge >= 0.3 is 54.3 Å². The Kier molecular flexibility index (Phi) is 5.60. The average molecular weight is 181 g/mol. The predicted molar refractivity (Wildman–Crippen MR) is 30.5 cm³/mol. The van der Waals surface area contributed by atoms with Crippen molar-refractivity contribution in [1.82, 2.24) is 0 Å². The molecule has 0 bridgehead atoms. The van der Waals surface area contributed by atoms with Crippen molar-refractivity contribution in [2.75, 3.05) is 18.7 Å². The van der Waals surface area contributed by atoms with Gasteiger partial charge in [-0.1, -0.05) is 0 Å². The van der Waals surface area contributed by atoms with Crippen LogP contribution in [0.4, 0.5) is 0 Å². The molecule has 0 aromatic carbocycles. The van der Waals surface area contributed by atoms with Gasteiger partial charge in [-0.2, -0.15) is 0 Å². The summed E-state index contributed by atoms with van der Waals surface area (Å²) >= 11 is 3.59. The third kappa shape index (κ3) is 3.43. The molecule has 0 fully saturated rings. The molecule has 42 valence electrons. The number of hydrogen-bond acceptors (Lipinski definition) is 2. The zero-order chi connectivity index (χ0) is 5.70. The topological polar surface area (TPSA) is 18.5 Å². The second kappa shape index (κ2) is 4.99. The molecular formula is C3H8ClGaO2. The summed E-state index contributed by atoms with van der Waals surface area (Å²) in [5, 5.41) is 0. The van der Waals surface area contributed by atoms with Gasteiger partial charge in [0.25, 0.3) is 0 Å². The van der Waals surface area contributed by atoms with Crippen LogP contribution < -0.4 is 0 Å². The van der Waals surface area contributed by atoms with Gasteiger partial charge in [-0.3, -0.25) is 0 Å². The van der Waals surface area contributed by atoms with E-state index in [1.165, 1.54) is 0 Å². The van der Waals surface area contributed by atoms with Crippen molar-refractivity contribution in [2.24, 2.45) is 0 Å². The second-order valence-corrected chi connectivity index (χ2v) is 7.09. The molecule has 0 aliphatic heterocycles. The van der Waals surface area contributed by atoms with Crippen LogP contribution in [0.5, 0.6) is 0 Å². The molecule has 0 atom stereocenters. The van der Waals surface area contributed by atoms with E-state index < -0.39 is 16.9 Å². The minimum absolute atomic E-state index is 0.569. The normalized spacial score (nSPS) is 9.00. The fraction of sp³-hybridized carbons (Fsp3) is 1.00. The molecule has 0 aromatic heterocycles. The van der Waals surface area contributed by atoms with E-state index in [9.17, 15) is 0 Å². The maximum absolute atomic E-state index is 5.40. The quantitative estimate of drug-likeness (QED) is 0.467. The van der Waals surface area contributed by atoms with E-state index in [1.807, 2.05) is 0 Å². The van der Waals surface area contributed by atoms with Crippen LogP contribution in [0.1, 0.15) is 0 Å². The third-order valence-electron chi connectivity index (χ3n) is 0.652. The van der Waals surface area contributed by atoms with Crippen molar-refractivity contribution in [3.8, 4) is 0 Å². The molecule has 0 aliphatic carbocycles. The van der Waals surface area contributed by atoms with Gasteiger partial charge in [0, 0.05) is 0 Å². The molecule has 0 unspecified atom stereocenters. The van der Waals surface area contributed by atoms with Gasteiger partial charge < -0.3 is 0 Å². The van der Waals surface area contributed by atoms with Crippen molar-refractivity contribution in [2.45, 2.75) is 0 Å². The molecule has 0 spiro atoms. The van der Waals surface area contributed by atoms with Gasteiger partial charge in [-0.25, -0.2) is 0 Å². The van der Waals surface area contributed by atoms with Crippen molar-refractivity contribution in [3.63, 3.8) is 0 Å². The second-order valence-electron chi connectivity index (χ2n) is 1.06. The van der Waals surface area contributed by atoms with Gasteiger partial charge in [0.2, 0.25) is 0 Å². The molecule has 0 aliphatic rings. The van der Waals surface area contributed by atoms with Gasteiger partial charge in [0.1, 0.15) is 0 Å². The Morgan fingerprint density at radius 3 is 1.86 bits per heavy atom. The Balaban J connectivity index is 2.99. The molecular weight excluding hydrogens is 173 g/mol. The summed E-state index contributed by atoms with van der Waals surface area (Å²) in [5.74, 6) is 0. The first-order valence-electron chi connectivity index (χ1n) is 1.96. The third-order valence-corrected chi connectivity index (χ3v) is 4.70. The van der Waals surface area contributed by atoms with Crippen LogP contribution in [-0.4, -0.2) is 35.6 Å². The maximum atomic E-state index is 5.40. The van der Waals surface area contributed by atoms with Gasteiger partial charge in [0.05, 0.1) is 0 Å². The van der Waals surface area contributed by atoms with Crippen LogP contribution in [-0.2, 0) is 7.06 Å². The van der Waals surface area contributed by atoms with E-state index in [0.717, 1.165) is 0 Å². The van der Waals surface area contributed by atoms with Crippen molar-refractivity contribution >= 4 is 28.5 Å². The molecule has 4 heteroatoms. The Hall–Kier alpha value is 0.846. The van der Waals surface area contributed by atoms with Crippen molar-refractivity contribution < 1.29 is 7.06 Å². The Morgan fingerprint density at radius 2 is 1.86 bits per heavy atom. The molecule has 0 rings (SSSR count). The summed E-state index contributed by atoms with van der Waals surface area (Å²) in [7, 11) is 3.27. The van der Waals surface area contributed by atoms with E-state index in [4.69, 9.17) is 18.7 Å². The summed E-state index contributed by atoms with van der Waals surface area (Å²) in [4.78, 5) is 0. The average Bonchev–Trinajstić information content (AvgIpc) is 1.72. The number of hydrogen-bond donors (Lipinski definition) is 0. The summed E-state index contributed by atoms with van der Waals surface area (Å²) < 4.78 is 10.3. The van der Waals surface area contributed by atoms with Gasteiger partial charge in [0.15, 0.2) is 0 Å². The monoisotopic (exact) mass is 180 g/mol. The van der Waals surface area contributed by atoms with E-state index >= 15 is 0 Å². The summed E-state index contributed by atoms with van der Waals surface area (Å²) in [6.07, 6.45) is 0. The molecule has 0 N–H and O–H groups in total. The first-order valence-corrected chi connectivity index (χ1v) is 6.19. The van der Waals surface area contributed by atoms with Gasteiger partial charge in [-0.15, -0.1) is 0 Å². The van der Waals surface area contributed by atoms with Crippen LogP contribution in [0.2, 0.25) is 0 Å². The summed E-state index contributed by atoms with van der Waals surface area (Å²) in [6, 6.07) is 0. The molecule has 0 saturated carbocycles. The zero-order valence-corrected chi connectivity index (χ0v) is 7.66. The number of alkyl halides is 1. The fourth-order valence-corrected chi connectivity index (χ4v) is 2.46. The SMILES string of the molecule is C[O][Ga]([CH2]Cl)[O]C. The van der Waals surface area contributed by atoms with Crippen molar-refractivity contribution in [3.05, 3.63) is 0 Å². The molecule has 7 heavy (non-hydrogen) atoms. The Morgan fingerprint density at radius 1 is 1.43 bits per heavy atom. The number of halogens is 1.